The van der Waals surface area contributed by atoms with Crippen LogP contribution in [0.1, 0.15) is 17.5 Å². The van der Waals surface area contributed by atoms with Gasteiger partial charge in [0, 0.05) is 50.7 Å². The third-order valence-corrected chi connectivity index (χ3v) is 4.35. The van der Waals surface area contributed by atoms with E-state index in [0.29, 0.717) is 6.42 Å². The number of hydrogen-bond acceptors (Lipinski definition) is 3. The van der Waals surface area contributed by atoms with Gasteiger partial charge in [0.25, 0.3) is 0 Å². The van der Waals surface area contributed by atoms with Crippen LogP contribution in [-0.2, 0) is 11.2 Å². The highest BCUT2D eigenvalue weighted by Gasteiger charge is 2.21. The highest BCUT2D eigenvalue weighted by molar-refractivity contribution is 5.76. The lowest BCUT2D eigenvalue weighted by Crippen LogP contribution is -2.48. The quantitative estimate of drug-likeness (QED) is 0.871. The number of anilines is 1. The molecule has 3 rings (SSSR count). The molecule has 0 spiro atoms. The van der Waals surface area contributed by atoms with Gasteiger partial charge in [-0.3, -0.25) is 9.78 Å². The number of rotatable bonds is 4. The van der Waals surface area contributed by atoms with E-state index < -0.39 is 0 Å². The van der Waals surface area contributed by atoms with Crippen molar-refractivity contribution in [3.63, 3.8) is 0 Å². The third-order valence-electron chi connectivity index (χ3n) is 4.35. The molecule has 0 N–H and O–H groups in total. The SMILES string of the molecule is Cc1cccc(N2CCN(C(=O)CCc3cccnc3)CC2)c1. The van der Waals surface area contributed by atoms with Gasteiger partial charge in [0.1, 0.15) is 0 Å². The summed E-state index contributed by atoms with van der Waals surface area (Å²) in [5.74, 6) is 0.248. The number of aryl methyl sites for hydroxylation is 2. The minimum atomic E-state index is 0.248. The Morgan fingerprint density at radius 3 is 2.65 bits per heavy atom. The molecule has 1 saturated heterocycles. The summed E-state index contributed by atoms with van der Waals surface area (Å²) in [5.41, 5.74) is 3.66. The Labute approximate surface area is 137 Å². The first-order chi connectivity index (χ1) is 11.2. The molecule has 23 heavy (non-hydrogen) atoms. The van der Waals surface area contributed by atoms with Gasteiger partial charge in [-0.1, -0.05) is 18.2 Å². The van der Waals surface area contributed by atoms with Crippen LogP contribution in [0.15, 0.2) is 48.8 Å². The Hall–Kier alpha value is -2.36. The highest BCUT2D eigenvalue weighted by atomic mass is 16.2. The van der Waals surface area contributed by atoms with E-state index in [-0.39, 0.29) is 5.91 Å². The third kappa shape index (κ3) is 4.09. The van der Waals surface area contributed by atoms with Crippen molar-refractivity contribution in [2.75, 3.05) is 31.1 Å². The zero-order chi connectivity index (χ0) is 16.1. The molecule has 1 aliphatic heterocycles. The van der Waals surface area contributed by atoms with Crippen LogP contribution in [0.4, 0.5) is 5.69 Å². The summed E-state index contributed by atoms with van der Waals surface area (Å²) in [6.07, 6.45) is 4.93. The predicted octanol–water partition coefficient (Wildman–Crippen LogP) is 2.67. The number of amides is 1. The average Bonchev–Trinajstić information content (AvgIpc) is 2.61. The molecular formula is C19H23N3O. The molecule has 1 aromatic carbocycles. The Kier molecular flexibility index (Phi) is 4.91. The molecule has 0 unspecified atom stereocenters. The maximum absolute atomic E-state index is 12.4. The van der Waals surface area contributed by atoms with Gasteiger partial charge in [-0.05, 0) is 42.7 Å². The van der Waals surface area contributed by atoms with Gasteiger partial charge >= 0.3 is 0 Å². The molecule has 0 aliphatic carbocycles. The number of piperazine rings is 1. The van der Waals surface area contributed by atoms with Crippen molar-refractivity contribution < 1.29 is 4.79 Å². The number of benzene rings is 1. The molecule has 120 valence electrons. The predicted molar refractivity (Wildman–Crippen MR) is 92.5 cm³/mol. The summed E-state index contributed by atoms with van der Waals surface area (Å²) in [5, 5.41) is 0. The lowest BCUT2D eigenvalue weighted by molar-refractivity contribution is -0.131. The van der Waals surface area contributed by atoms with E-state index in [1.165, 1.54) is 11.3 Å². The number of pyridine rings is 1. The van der Waals surface area contributed by atoms with Crippen molar-refractivity contribution in [1.29, 1.82) is 0 Å². The van der Waals surface area contributed by atoms with E-state index in [2.05, 4.69) is 41.1 Å². The summed E-state index contributed by atoms with van der Waals surface area (Å²) in [6, 6.07) is 12.5. The number of hydrogen-bond donors (Lipinski definition) is 0. The lowest BCUT2D eigenvalue weighted by Gasteiger charge is -2.36. The molecule has 4 nitrogen and oxygen atoms in total. The largest absolute Gasteiger partial charge is 0.368 e. The van der Waals surface area contributed by atoms with E-state index in [4.69, 9.17) is 0 Å². The minimum Gasteiger partial charge on any atom is -0.368 e. The van der Waals surface area contributed by atoms with Gasteiger partial charge in [0.15, 0.2) is 0 Å². The van der Waals surface area contributed by atoms with Crippen LogP contribution in [-0.4, -0.2) is 42.0 Å². The van der Waals surface area contributed by atoms with Crippen molar-refractivity contribution >= 4 is 11.6 Å². The zero-order valence-corrected chi connectivity index (χ0v) is 13.6. The summed E-state index contributed by atoms with van der Waals surface area (Å²) in [7, 11) is 0. The van der Waals surface area contributed by atoms with Gasteiger partial charge in [0.05, 0.1) is 0 Å². The molecule has 1 fully saturated rings. The summed E-state index contributed by atoms with van der Waals surface area (Å²) >= 11 is 0. The van der Waals surface area contributed by atoms with E-state index >= 15 is 0 Å². The molecule has 2 aromatic rings. The molecule has 0 atom stereocenters. The monoisotopic (exact) mass is 309 g/mol. The molecule has 0 saturated carbocycles. The second-order valence-electron chi connectivity index (χ2n) is 6.07. The molecular weight excluding hydrogens is 286 g/mol. The van der Waals surface area contributed by atoms with Crippen LogP contribution in [0.3, 0.4) is 0 Å². The molecule has 1 amide bonds. The van der Waals surface area contributed by atoms with Crippen LogP contribution in [0, 0.1) is 6.92 Å². The zero-order valence-electron chi connectivity index (χ0n) is 13.6. The van der Waals surface area contributed by atoms with Gasteiger partial charge in [-0.25, -0.2) is 0 Å². The van der Waals surface area contributed by atoms with Crippen LogP contribution in [0.25, 0.3) is 0 Å². The van der Waals surface area contributed by atoms with Crippen molar-refractivity contribution in [2.45, 2.75) is 19.8 Å². The number of carbonyl (C=O) groups excluding carboxylic acids is 1. The fourth-order valence-electron chi connectivity index (χ4n) is 2.99. The lowest BCUT2D eigenvalue weighted by atomic mass is 10.1. The maximum atomic E-state index is 12.4. The Bertz CT molecular complexity index is 649. The number of nitrogens with zero attached hydrogens (tertiary/aromatic N) is 3. The van der Waals surface area contributed by atoms with Crippen LogP contribution >= 0.6 is 0 Å². The first kappa shape index (κ1) is 15.5. The Morgan fingerprint density at radius 2 is 1.96 bits per heavy atom. The first-order valence-corrected chi connectivity index (χ1v) is 8.21. The van der Waals surface area contributed by atoms with Gasteiger partial charge in [0.2, 0.25) is 5.91 Å². The normalized spacial score (nSPS) is 14.8. The summed E-state index contributed by atoms with van der Waals surface area (Å²) < 4.78 is 0. The minimum absolute atomic E-state index is 0.248. The van der Waals surface area contributed by atoms with Crippen molar-refractivity contribution in [3.8, 4) is 0 Å². The molecule has 1 aromatic heterocycles. The van der Waals surface area contributed by atoms with Gasteiger partial charge < -0.3 is 9.80 Å². The summed E-state index contributed by atoms with van der Waals surface area (Å²) in [6.45, 7) is 5.53. The van der Waals surface area contributed by atoms with Gasteiger partial charge in [-0.2, -0.15) is 0 Å². The van der Waals surface area contributed by atoms with Gasteiger partial charge in [-0.15, -0.1) is 0 Å². The summed E-state index contributed by atoms with van der Waals surface area (Å²) in [4.78, 5) is 20.8. The van der Waals surface area contributed by atoms with Crippen molar-refractivity contribution in [2.24, 2.45) is 0 Å². The van der Waals surface area contributed by atoms with Crippen LogP contribution < -0.4 is 4.90 Å². The smallest absolute Gasteiger partial charge is 0.223 e. The molecule has 4 heteroatoms. The molecule has 0 bridgehead atoms. The Balaban J connectivity index is 1.49. The van der Waals surface area contributed by atoms with Crippen molar-refractivity contribution in [3.05, 3.63) is 59.9 Å². The fourth-order valence-corrected chi connectivity index (χ4v) is 2.99. The van der Waals surface area contributed by atoms with Crippen molar-refractivity contribution in [1.82, 2.24) is 9.88 Å². The first-order valence-electron chi connectivity index (χ1n) is 8.21. The second kappa shape index (κ2) is 7.27. The topological polar surface area (TPSA) is 36.4 Å². The number of aromatic nitrogens is 1. The highest BCUT2D eigenvalue weighted by Crippen LogP contribution is 2.18. The molecule has 2 heterocycles. The molecule has 0 radical (unpaired) electrons. The van der Waals surface area contributed by atoms with Crippen LogP contribution in [0.2, 0.25) is 0 Å². The van der Waals surface area contributed by atoms with Crippen LogP contribution in [0.5, 0.6) is 0 Å². The second-order valence-corrected chi connectivity index (χ2v) is 6.07. The Morgan fingerprint density at radius 1 is 1.13 bits per heavy atom. The fraction of sp³-hybridized carbons (Fsp3) is 0.368. The standard InChI is InChI=1S/C19H23N3O/c1-16-4-2-6-18(14-16)21-10-12-22(13-11-21)19(23)8-7-17-5-3-9-20-15-17/h2-6,9,14-15H,7-8,10-13H2,1H3. The maximum Gasteiger partial charge on any atom is 0.223 e. The van der Waals surface area contributed by atoms with E-state index in [1.54, 1.807) is 6.20 Å². The van der Waals surface area contributed by atoms with E-state index in [1.807, 2.05) is 23.2 Å². The van der Waals surface area contributed by atoms with E-state index in [9.17, 15) is 4.79 Å². The average molecular weight is 309 g/mol. The molecule has 1 aliphatic rings. The van der Waals surface area contributed by atoms with E-state index in [0.717, 1.165) is 38.2 Å². The number of carbonyl (C=O) groups is 1.